The molecule has 2 aliphatic carbocycles. The molecule has 2 atom stereocenters. The SMILES string of the molecule is C=CC(=O)OC[C@@]1(C2=CC=C[C@@](C)(OC(C)=O)C2=O)CCCCC1=O. The third-order valence-corrected chi connectivity index (χ3v) is 4.66. The highest BCUT2D eigenvalue weighted by Gasteiger charge is 2.51. The number of Topliss-reactive ketones (excluding diaryl/α,β-unsaturated/α-hetero) is 2. The molecule has 0 bridgehead atoms. The minimum absolute atomic E-state index is 0.143. The third kappa shape index (κ3) is 3.62. The first-order valence-corrected chi connectivity index (χ1v) is 8.22. The normalized spacial score (nSPS) is 29.0. The number of allylic oxidation sites excluding steroid dienone is 2. The molecule has 6 nitrogen and oxygen atoms in total. The Hall–Kier alpha value is -2.50. The maximum Gasteiger partial charge on any atom is 0.330 e. The highest BCUT2D eigenvalue weighted by Crippen LogP contribution is 2.44. The highest BCUT2D eigenvalue weighted by atomic mass is 16.6. The summed E-state index contributed by atoms with van der Waals surface area (Å²) in [5.41, 5.74) is -2.45. The van der Waals surface area contributed by atoms with E-state index in [1.165, 1.54) is 19.9 Å². The van der Waals surface area contributed by atoms with Crippen LogP contribution in [0.3, 0.4) is 0 Å². The first kappa shape index (κ1) is 18.8. The second-order valence-electron chi connectivity index (χ2n) is 6.49. The van der Waals surface area contributed by atoms with E-state index in [0.29, 0.717) is 12.8 Å². The molecule has 25 heavy (non-hydrogen) atoms. The molecule has 0 saturated heterocycles. The number of rotatable bonds is 5. The number of esters is 2. The van der Waals surface area contributed by atoms with Gasteiger partial charge in [-0.25, -0.2) is 4.79 Å². The van der Waals surface area contributed by atoms with Crippen molar-refractivity contribution < 1.29 is 28.7 Å². The molecular formula is C19H22O6. The second kappa shape index (κ2) is 7.17. The fraction of sp³-hybridized carbons (Fsp3) is 0.474. The standard InChI is InChI=1S/C19H22O6/c1-4-16(22)24-12-19(11-6-5-9-15(19)21)14-8-7-10-18(3,17(14)23)25-13(2)20/h4,7-8,10H,1,5-6,9,11-12H2,2-3H3/t18-,19-/m1/s1. The lowest BCUT2D eigenvalue weighted by Crippen LogP contribution is -2.49. The molecule has 0 radical (unpaired) electrons. The smallest absolute Gasteiger partial charge is 0.330 e. The number of carbonyl (C=O) groups excluding carboxylic acids is 4. The maximum absolute atomic E-state index is 13.0. The van der Waals surface area contributed by atoms with E-state index in [0.717, 1.165) is 18.9 Å². The fourth-order valence-corrected chi connectivity index (χ4v) is 3.36. The highest BCUT2D eigenvalue weighted by molar-refractivity contribution is 6.11. The lowest BCUT2D eigenvalue weighted by Gasteiger charge is -2.40. The van der Waals surface area contributed by atoms with Crippen molar-refractivity contribution in [1.82, 2.24) is 0 Å². The van der Waals surface area contributed by atoms with Crippen LogP contribution < -0.4 is 0 Å². The van der Waals surface area contributed by atoms with Gasteiger partial charge in [-0.1, -0.05) is 25.2 Å². The Balaban J connectivity index is 2.41. The molecule has 0 aromatic carbocycles. The van der Waals surface area contributed by atoms with Crippen molar-refractivity contribution in [3.8, 4) is 0 Å². The van der Waals surface area contributed by atoms with E-state index in [-0.39, 0.29) is 18.0 Å². The van der Waals surface area contributed by atoms with Gasteiger partial charge in [0.2, 0.25) is 5.78 Å². The predicted octanol–water partition coefficient (Wildman–Crippen LogP) is 2.23. The largest absolute Gasteiger partial charge is 0.461 e. The van der Waals surface area contributed by atoms with Gasteiger partial charge in [-0.05, 0) is 25.8 Å². The summed E-state index contributed by atoms with van der Waals surface area (Å²) in [5, 5.41) is 0. The molecule has 6 heteroatoms. The topological polar surface area (TPSA) is 86.7 Å². The van der Waals surface area contributed by atoms with Crippen LogP contribution in [0.5, 0.6) is 0 Å². The van der Waals surface area contributed by atoms with Gasteiger partial charge in [0.05, 0.1) is 5.41 Å². The summed E-state index contributed by atoms with van der Waals surface area (Å²) in [5.74, 6) is -1.85. The Morgan fingerprint density at radius 2 is 2.04 bits per heavy atom. The Morgan fingerprint density at radius 3 is 2.64 bits per heavy atom. The molecule has 2 aliphatic rings. The van der Waals surface area contributed by atoms with E-state index in [1.54, 1.807) is 12.2 Å². The molecule has 1 saturated carbocycles. The van der Waals surface area contributed by atoms with Crippen molar-refractivity contribution in [2.75, 3.05) is 6.61 Å². The van der Waals surface area contributed by atoms with Gasteiger partial charge in [-0.15, -0.1) is 0 Å². The fourth-order valence-electron chi connectivity index (χ4n) is 3.36. The van der Waals surface area contributed by atoms with E-state index in [9.17, 15) is 19.2 Å². The van der Waals surface area contributed by atoms with Gasteiger partial charge >= 0.3 is 11.9 Å². The number of hydrogen-bond donors (Lipinski definition) is 0. The predicted molar refractivity (Wildman–Crippen MR) is 89.5 cm³/mol. The molecule has 0 aromatic heterocycles. The van der Waals surface area contributed by atoms with E-state index in [1.807, 2.05) is 0 Å². The van der Waals surface area contributed by atoms with Crippen LogP contribution in [0.2, 0.25) is 0 Å². The number of ether oxygens (including phenoxy) is 2. The molecule has 0 spiro atoms. The summed E-state index contributed by atoms with van der Waals surface area (Å²) in [6, 6.07) is 0. The molecule has 134 valence electrons. The van der Waals surface area contributed by atoms with E-state index in [2.05, 4.69) is 6.58 Å². The minimum Gasteiger partial charge on any atom is -0.461 e. The van der Waals surface area contributed by atoms with Gasteiger partial charge in [0, 0.05) is 25.0 Å². The Bertz CT molecular complexity index is 686. The monoisotopic (exact) mass is 346 g/mol. The van der Waals surface area contributed by atoms with E-state index >= 15 is 0 Å². The molecule has 0 heterocycles. The third-order valence-electron chi connectivity index (χ3n) is 4.66. The van der Waals surface area contributed by atoms with Crippen molar-refractivity contribution in [3.63, 3.8) is 0 Å². The summed E-state index contributed by atoms with van der Waals surface area (Å²) >= 11 is 0. The molecule has 0 N–H and O–H groups in total. The Labute approximate surface area is 146 Å². The number of hydrogen-bond acceptors (Lipinski definition) is 6. The average molecular weight is 346 g/mol. The van der Waals surface area contributed by atoms with Gasteiger partial charge in [-0.3, -0.25) is 14.4 Å². The van der Waals surface area contributed by atoms with E-state index < -0.39 is 28.7 Å². The minimum atomic E-state index is -1.47. The van der Waals surface area contributed by atoms with Crippen LogP contribution in [-0.4, -0.2) is 35.7 Å². The van der Waals surface area contributed by atoms with Crippen LogP contribution >= 0.6 is 0 Å². The Kier molecular flexibility index (Phi) is 5.40. The van der Waals surface area contributed by atoms with Crippen molar-refractivity contribution in [2.24, 2.45) is 5.41 Å². The average Bonchev–Trinajstić information content (AvgIpc) is 2.56. The molecule has 1 fully saturated rings. The number of ketones is 2. The lowest BCUT2D eigenvalue weighted by molar-refractivity contribution is -0.158. The molecular weight excluding hydrogens is 324 g/mol. The van der Waals surface area contributed by atoms with Crippen molar-refractivity contribution in [1.29, 1.82) is 0 Å². The second-order valence-corrected chi connectivity index (χ2v) is 6.49. The summed E-state index contributed by atoms with van der Waals surface area (Å²) < 4.78 is 10.3. The van der Waals surface area contributed by atoms with E-state index in [4.69, 9.17) is 9.47 Å². The van der Waals surface area contributed by atoms with Crippen LogP contribution in [0.15, 0.2) is 36.5 Å². The van der Waals surface area contributed by atoms with Gasteiger partial charge in [0.25, 0.3) is 0 Å². The van der Waals surface area contributed by atoms with Gasteiger partial charge in [0.15, 0.2) is 5.60 Å². The Morgan fingerprint density at radius 1 is 1.32 bits per heavy atom. The van der Waals surface area contributed by atoms with Crippen LogP contribution in [-0.2, 0) is 28.7 Å². The molecule has 0 amide bonds. The van der Waals surface area contributed by atoms with Crippen molar-refractivity contribution in [3.05, 3.63) is 36.5 Å². The van der Waals surface area contributed by atoms with Crippen molar-refractivity contribution in [2.45, 2.75) is 45.1 Å². The van der Waals surface area contributed by atoms with Crippen LogP contribution in [0.25, 0.3) is 0 Å². The summed E-state index contributed by atoms with van der Waals surface area (Å²) in [7, 11) is 0. The van der Waals surface area contributed by atoms with Crippen LogP contribution in [0, 0.1) is 5.41 Å². The zero-order valence-corrected chi connectivity index (χ0v) is 14.5. The molecule has 2 rings (SSSR count). The van der Waals surface area contributed by atoms with Gasteiger partial charge < -0.3 is 9.47 Å². The summed E-state index contributed by atoms with van der Waals surface area (Å²) in [4.78, 5) is 48.7. The first-order chi connectivity index (χ1) is 11.7. The first-order valence-electron chi connectivity index (χ1n) is 8.22. The molecule has 0 unspecified atom stereocenters. The van der Waals surface area contributed by atoms with Crippen LogP contribution in [0.4, 0.5) is 0 Å². The zero-order chi connectivity index (χ0) is 18.7. The maximum atomic E-state index is 13.0. The van der Waals surface area contributed by atoms with Gasteiger partial charge in [-0.2, -0.15) is 0 Å². The zero-order valence-electron chi connectivity index (χ0n) is 14.5. The molecule has 0 aliphatic heterocycles. The number of carbonyl (C=O) groups is 4. The quantitative estimate of drug-likeness (QED) is 0.560. The summed E-state index contributed by atoms with van der Waals surface area (Å²) in [6.07, 6.45) is 7.82. The molecule has 0 aromatic rings. The van der Waals surface area contributed by atoms with Gasteiger partial charge in [0.1, 0.15) is 12.4 Å². The summed E-state index contributed by atoms with van der Waals surface area (Å²) in [6.45, 7) is 5.82. The lowest BCUT2D eigenvalue weighted by atomic mass is 9.64. The van der Waals surface area contributed by atoms with Crippen molar-refractivity contribution >= 4 is 23.5 Å². The van der Waals surface area contributed by atoms with Crippen LogP contribution in [0.1, 0.15) is 39.5 Å².